The highest BCUT2D eigenvalue weighted by Gasteiger charge is 2.19. The number of benzene rings is 1. The van der Waals surface area contributed by atoms with Crippen LogP contribution in [-0.2, 0) is 12.9 Å². The Balaban J connectivity index is 2.53. The van der Waals surface area contributed by atoms with Crippen molar-refractivity contribution in [3.63, 3.8) is 0 Å². The standard InChI is InChI=1S/C13H13ClN2O2/c1-8(17)11-13(18)12(16(2)15-11)10-5-3-9(7-14)4-6-10/h3-6,18H,7H2,1-2H3. The molecule has 0 atom stereocenters. The van der Waals surface area contributed by atoms with Gasteiger partial charge in [0.05, 0.1) is 0 Å². The number of carbonyl (C=O) groups excluding carboxylic acids is 1. The first-order valence-electron chi connectivity index (χ1n) is 5.46. The number of halogens is 1. The van der Waals surface area contributed by atoms with Gasteiger partial charge >= 0.3 is 0 Å². The molecule has 0 saturated carbocycles. The van der Waals surface area contributed by atoms with Gasteiger partial charge < -0.3 is 5.11 Å². The van der Waals surface area contributed by atoms with Crippen molar-refractivity contribution in [2.24, 2.45) is 7.05 Å². The monoisotopic (exact) mass is 264 g/mol. The second-order valence-corrected chi connectivity index (χ2v) is 4.32. The SMILES string of the molecule is CC(=O)c1nn(C)c(-c2ccc(CCl)cc2)c1O. The highest BCUT2D eigenvalue weighted by atomic mass is 35.5. The number of hydrogen-bond donors (Lipinski definition) is 1. The second kappa shape index (κ2) is 4.82. The Labute approximate surface area is 110 Å². The zero-order chi connectivity index (χ0) is 13.3. The van der Waals surface area contributed by atoms with E-state index in [1.165, 1.54) is 11.6 Å². The molecule has 0 aliphatic heterocycles. The van der Waals surface area contributed by atoms with Crippen LogP contribution >= 0.6 is 11.6 Å². The van der Waals surface area contributed by atoms with E-state index < -0.39 is 0 Å². The molecule has 2 rings (SSSR count). The molecule has 5 heteroatoms. The molecule has 0 radical (unpaired) electrons. The number of nitrogens with zero attached hydrogens (tertiary/aromatic N) is 2. The summed E-state index contributed by atoms with van der Waals surface area (Å²) in [6.45, 7) is 1.38. The van der Waals surface area contributed by atoms with E-state index in [1.807, 2.05) is 24.3 Å². The summed E-state index contributed by atoms with van der Waals surface area (Å²) in [5.41, 5.74) is 2.41. The molecular formula is C13H13ClN2O2. The molecule has 0 saturated heterocycles. The van der Waals surface area contributed by atoms with Gasteiger partial charge in [-0.3, -0.25) is 9.48 Å². The lowest BCUT2D eigenvalue weighted by Crippen LogP contribution is -1.97. The van der Waals surface area contributed by atoms with E-state index in [4.69, 9.17) is 11.6 Å². The van der Waals surface area contributed by atoms with Gasteiger partial charge in [-0.1, -0.05) is 24.3 Å². The molecule has 0 amide bonds. The van der Waals surface area contributed by atoms with Gasteiger partial charge in [-0.15, -0.1) is 11.6 Å². The number of alkyl halides is 1. The zero-order valence-corrected chi connectivity index (χ0v) is 10.9. The molecule has 2 aromatic rings. The largest absolute Gasteiger partial charge is 0.504 e. The van der Waals surface area contributed by atoms with Crippen molar-refractivity contribution < 1.29 is 9.90 Å². The summed E-state index contributed by atoms with van der Waals surface area (Å²) in [5, 5.41) is 14.0. The Morgan fingerprint density at radius 2 is 2.00 bits per heavy atom. The third-order valence-electron chi connectivity index (χ3n) is 2.74. The molecule has 0 spiro atoms. The van der Waals surface area contributed by atoms with Crippen molar-refractivity contribution in [2.75, 3.05) is 0 Å². The molecule has 0 bridgehead atoms. The molecule has 94 valence electrons. The van der Waals surface area contributed by atoms with Crippen LogP contribution in [0.2, 0.25) is 0 Å². The van der Waals surface area contributed by atoms with E-state index in [-0.39, 0.29) is 17.2 Å². The normalized spacial score (nSPS) is 10.6. The number of hydrogen-bond acceptors (Lipinski definition) is 3. The Morgan fingerprint density at radius 3 is 2.44 bits per heavy atom. The van der Waals surface area contributed by atoms with Crippen LogP contribution in [0.3, 0.4) is 0 Å². The van der Waals surface area contributed by atoms with E-state index in [0.29, 0.717) is 11.6 Å². The first-order valence-corrected chi connectivity index (χ1v) is 6.00. The third kappa shape index (κ3) is 2.11. The summed E-state index contributed by atoms with van der Waals surface area (Å²) >= 11 is 5.72. The number of Topliss-reactive ketones (excluding diaryl/α,β-unsaturated/α-hetero) is 1. The van der Waals surface area contributed by atoms with E-state index in [0.717, 1.165) is 11.1 Å². The lowest BCUT2D eigenvalue weighted by Gasteiger charge is -2.03. The van der Waals surface area contributed by atoms with E-state index in [2.05, 4.69) is 5.10 Å². The van der Waals surface area contributed by atoms with Crippen LogP contribution in [0.25, 0.3) is 11.3 Å². The Bertz CT molecular complexity index is 588. The van der Waals surface area contributed by atoms with E-state index in [1.54, 1.807) is 7.05 Å². The van der Waals surface area contributed by atoms with E-state index >= 15 is 0 Å². The molecule has 1 aromatic heterocycles. The molecule has 0 unspecified atom stereocenters. The molecule has 1 heterocycles. The van der Waals surface area contributed by atoms with Gasteiger partial charge in [-0.05, 0) is 5.56 Å². The van der Waals surface area contributed by atoms with Crippen LogP contribution in [0.4, 0.5) is 0 Å². The van der Waals surface area contributed by atoms with Crippen molar-refractivity contribution in [1.29, 1.82) is 0 Å². The Morgan fingerprint density at radius 1 is 1.39 bits per heavy atom. The van der Waals surface area contributed by atoms with Crippen molar-refractivity contribution in [2.45, 2.75) is 12.8 Å². The van der Waals surface area contributed by atoms with Gasteiger partial charge in [0.25, 0.3) is 0 Å². The first-order chi connectivity index (χ1) is 8.54. The van der Waals surface area contributed by atoms with Crippen LogP contribution in [0.1, 0.15) is 23.0 Å². The van der Waals surface area contributed by atoms with Gasteiger partial charge in [-0.25, -0.2) is 0 Å². The molecule has 1 aromatic carbocycles. The minimum atomic E-state index is -0.258. The lowest BCUT2D eigenvalue weighted by molar-refractivity contribution is 0.101. The summed E-state index contributed by atoms with van der Waals surface area (Å²) in [6, 6.07) is 7.45. The average molecular weight is 265 g/mol. The predicted octanol–water partition coefficient (Wildman–Crippen LogP) is 2.73. The van der Waals surface area contributed by atoms with Crippen LogP contribution in [-0.4, -0.2) is 20.7 Å². The molecule has 0 fully saturated rings. The fraction of sp³-hybridized carbons (Fsp3) is 0.231. The fourth-order valence-electron chi connectivity index (χ4n) is 1.83. The first kappa shape index (κ1) is 12.6. The number of aromatic nitrogens is 2. The zero-order valence-electron chi connectivity index (χ0n) is 10.1. The van der Waals surface area contributed by atoms with Gasteiger partial charge in [0, 0.05) is 25.4 Å². The van der Waals surface area contributed by atoms with Crippen molar-refractivity contribution in [3.05, 3.63) is 35.5 Å². The van der Waals surface area contributed by atoms with Crippen molar-refractivity contribution in [3.8, 4) is 17.0 Å². The van der Waals surface area contributed by atoms with Gasteiger partial charge in [0.2, 0.25) is 0 Å². The highest BCUT2D eigenvalue weighted by molar-refractivity contribution is 6.17. The molecule has 1 N–H and O–H groups in total. The van der Waals surface area contributed by atoms with Crippen molar-refractivity contribution >= 4 is 17.4 Å². The Hall–Kier alpha value is -1.81. The fourth-order valence-corrected chi connectivity index (χ4v) is 2.00. The van der Waals surface area contributed by atoms with Crippen LogP contribution < -0.4 is 0 Å². The number of ketones is 1. The van der Waals surface area contributed by atoms with Gasteiger partial charge in [0.1, 0.15) is 5.69 Å². The number of aryl methyl sites for hydroxylation is 1. The van der Waals surface area contributed by atoms with Crippen molar-refractivity contribution in [1.82, 2.24) is 9.78 Å². The van der Waals surface area contributed by atoms with Crippen LogP contribution in [0, 0.1) is 0 Å². The molecular weight excluding hydrogens is 252 g/mol. The average Bonchev–Trinajstić information content (AvgIpc) is 2.65. The maximum Gasteiger partial charge on any atom is 0.183 e. The highest BCUT2D eigenvalue weighted by Crippen LogP contribution is 2.32. The minimum absolute atomic E-state index is 0.0800. The summed E-state index contributed by atoms with van der Waals surface area (Å²) in [6.07, 6.45) is 0. The summed E-state index contributed by atoms with van der Waals surface area (Å²) < 4.78 is 1.50. The molecule has 4 nitrogen and oxygen atoms in total. The summed E-state index contributed by atoms with van der Waals surface area (Å²) in [5.74, 6) is 0.103. The number of carbonyl (C=O) groups is 1. The Kier molecular flexibility index (Phi) is 3.39. The van der Waals surface area contributed by atoms with Gasteiger partial charge in [0.15, 0.2) is 17.2 Å². The molecule has 0 aliphatic rings. The lowest BCUT2D eigenvalue weighted by atomic mass is 10.1. The van der Waals surface area contributed by atoms with Gasteiger partial charge in [-0.2, -0.15) is 5.10 Å². The van der Waals surface area contributed by atoms with E-state index in [9.17, 15) is 9.90 Å². The molecule has 0 aliphatic carbocycles. The summed E-state index contributed by atoms with van der Waals surface area (Å²) in [4.78, 5) is 11.3. The predicted molar refractivity (Wildman–Crippen MR) is 69.9 cm³/mol. The van der Waals surface area contributed by atoms with Crippen LogP contribution in [0.15, 0.2) is 24.3 Å². The maximum atomic E-state index is 11.3. The van der Waals surface area contributed by atoms with Crippen LogP contribution in [0.5, 0.6) is 5.75 Å². The smallest absolute Gasteiger partial charge is 0.183 e. The third-order valence-corrected chi connectivity index (χ3v) is 3.05. The quantitative estimate of drug-likeness (QED) is 0.685. The number of rotatable bonds is 3. The minimum Gasteiger partial charge on any atom is -0.504 e. The topological polar surface area (TPSA) is 55.1 Å². The second-order valence-electron chi connectivity index (χ2n) is 4.06. The maximum absolute atomic E-state index is 11.3. The molecule has 18 heavy (non-hydrogen) atoms. The summed E-state index contributed by atoms with van der Waals surface area (Å²) in [7, 11) is 1.69. The number of aromatic hydroxyl groups is 1.